The molecule has 0 radical (unpaired) electrons. The van der Waals surface area contributed by atoms with Gasteiger partial charge in [-0.25, -0.2) is 9.97 Å². The van der Waals surface area contributed by atoms with Crippen molar-refractivity contribution >= 4 is 17.3 Å². The number of nitrogens with one attached hydrogen (secondary N) is 2. The molecule has 1 aromatic heterocycles. The molecule has 2 rings (SSSR count). The number of carbonyl (C=O) groups is 1. The molecule has 0 atom stereocenters. The maximum atomic E-state index is 12.1. The van der Waals surface area contributed by atoms with Crippen LogP contribution in [0.15, 0.2) is 36.8 Å². The second-order valence-corrected chi connectivity index (χ2v) is 4.69. The summed E-state index contributed by atoms with van der Waals surface area (Å²) in [5.74, 6) is -0.258. The van der Waals surface area contributed by atoms with Crippen LogP contribution in [-0.4, -0.2) is 33.9 Å². The van der Waals surface area contributed by atoms with Gasteiger partial charge in [0.1, 0.15) is 12.0 Å². The summed E-state index contributed by atoms with van der Waals surface area (Å²) in [7, 11) is 0. The summed E-state index contributed by atoms with van der Waals surface area (Å²) >= 11 is 0. The topological polar surface area (TPSA) is 110 Å². The predicted molar refractivity (Wildman–Crippen MR) is 85.3 cm³/mol. The Morgan fingerprint density at radius 2 is 2.09 bits per heavy atom. The molecule has 0 unspecified atom stereocenters. The van der Waals surface area contributed by atoms with Gasteiger partial charge in [-0.05, 0) is 12.5 Å². The first-order chi connectivity index (χ1) is 11.1. The first-order valence-electron chi connectivity index (χ1n) is 7.17. The molecule has 0 saturated heterocycles. The number of anilines is 1. The Kier molecular flexibility index (Phi) is 5.56. The van der Waals surface area contributed by atoms with Gasteiger partial charge in [-0.1, -0.05) is 19.1 Å². The second kappa shape index (κ2) is 7.83. The molecular formula is C15H17N5O3. The Morgan fingerprint density at radius 3 is 2.83 bits per heavy atom. The monoisotopic (exact) mass is 315 g/mol. The fraction of sp³-hybridized carbons (Fsp3) is 0.267. The van der Waals surface area contributed by atoms with Crippen LogP contribution in [0.2, 0.25) is 0 Å². The van der Waals surface area contributed by atoms with Gasteiger partial charge in [0.25, 0.3) is 11.6 Å². The standard InChI is InChI=1S/C15H17N5O3/c1-2-12-11(9-16-10-19-12)15(21)18-8-7-17-13-5-3-4-6-14(13)20(22)23/h3-6,9-10,17H,2,7-8H2,1H3,(H,18,21). The zero-order chi connectivity index (χ0) is 16.7. The number of hydrogen-bond donors (Lipinski definition) is 2. The normalized spacial score (nSPS) is 10.1. The Labute approximate surface area is 133 Å². The van der Waals surface area contributed by atoms with E-state index in [2.05, 4.69) is 20.6 Å². The third kappa shape index (κ3) is 4.22. The van der Waals surface area contributed by atoms with Gasteiger partial charge in [0, 0.05) is 25.4 Å². The molecule has 8 heteroatoms. The number of nitrogens with zero attached hydrogens (tertiary/aromatic N) is 3. The molecule has 2 N–H and O–H groups in total. The molecule has 0 aliphatic carbocycles. The molecule has 23 heavy (non-hydrogen) atoms. The second-order valence-electron chi connectivity index (χ2n) is 4.69. The van der Waals surface area contributed by atoms with E-state index >= 15 is 0 Å². The lowest BCUT2D eigenvalue weighted by atomic mass is 10.2. The quantitative estimate of drug-likeness (QED) is 0.458. The van der Waals surface area contributed by atoms with E-state index in [1.807, 2.05) is 6.92 Å². The van der Waals surface area contributed by atoms with Gasteiger partial charge in [0.2, 0.25) is 0 Å². The Morgan fingerprint density at radius 1 is 1.30 bits per heavy atom. The molecule has 0 spiro atoms. The van der Waals surface area contributed by atoms with Crippen molar-refractivity contribution < 1.29 is 9.72 Å². The molecule has 8 nitrogen and oxygen atoms in total. The molecular weight excluding hydrogens is 298 g/mol. The lowest BCUT2D eigenvalue weighted by Crippen LogP contribution is -2.30. The van der Waals surface area contributed by atoms with Crippen LogP contribution in [-0.2, 0) is 6.42 Å². The Balaban J connectivity index is 1.88. The summed E-state index contributed by atoms with van der Waals surface area (Å²) in [5, 5.41) is 16.6. The zero-order valence-corrected chi connectivity index (χ0v) is 12.7. The number of aromatic nitrogens is 2. The summed E-state index contributed by atoms with van der Waals surface area (Å²) < 4.78 is 0. The van der Waals surface area contributed by atoms with E-state index in [9.17, 15) is 14.9 Å². The van der Waals surface area contributed by atoms with Crippen LogP contribution in [0.1, 0.15) is 23.0 Å². The summed E-state index contributed by atoms with van der Waals surface area (Å²) in [6.45, 7) is 2.60. The van der Waals surface area contributed by atoms with Gasteiger partial charge >= 0.3 is 0 Å². The van der Waals surface area contributed by atoms with Crippen LogP contribution in [0, 0.1) is 10.1 Å². The van der Waals surface area contributed by atoms with Crippen LogP contribution in [0.4, 0.5) is 11.4 Å². The van der Waals surface area contributed by atoms with E-state index in [0.29, 0.717) is 36.5 Å². The van der Waals surface area contributed by atoms with E-state index in [4.69, 9.17) is 0 Å². The summed E-state index contributed by atoms with van der Waals surface area (Å²) in [4.78, 5) is 30.5. The number of amides is 1. The zero-order valence-electron chi connectivity index (χ0n) is 12.7. The molecule has 1 amide bonds. The van der Waals surface area contributed by atoms with E-state index in [1.165, 1.54) is 18.6 Å². The van der Waals surface area contributed by atoms with Crippen molar-refractivity contribution in [2.24, 2.45) is 0 Å². The van der Waals surface area contributed by atoms with Crippen molar-refractivity contribution in [3.8, 4) is 0 Å². The van der Waals surface area contributed by atoms with Crippen molar-refractivity contribution in [2.75, 3.05) is 18.4 Å². The molecule has 1 heterocycles. The fourth-order valence-electron chi connectivity index (χ4n) is 2.08. The minimum absolute atomic E-state index is 0.00329. The van der Waals surface area contributed by atoms with E-state index in [1.54, 1.807) is 18.2 Å². The third-order valence-electron chi connectivity index (χ3n) is 3.20. The van der Waals surface area contributed by atoms with E-state index < -0.39 is 4.92 Å². The SMILES string of the molecule is CCc1ncncc1C(=O)NCCNc1ccccc1[N+](=O)[O-]. The highest BCUT2D eigenvalue weighted by atomic mass is 16.6. The molecule has 0 fully saturated rings. The van der Waals surface area contributed by atoms with Crippen LogP contribution in [0.3, 0.4) is 0 Å². The summed E-state index contributed by atoms with van der Waals surface area (Å²) in [6.07, 6.45) is 3.53. The largest absolute Gasteiger partial charge is 0.378 e. The average Bonchev–Trinajstić information content (AvgIpc) is 2.58. The first-order valence-corrected chi connectivity index (χ1v) is 7.17. The molecule has 0 bridgehead atoms. The Bertz CT molecular complexity index is 705. The fourth-order valence-corrected chi connectivity index (χ4v) is 2.08. The maximum Gasteiger partial charge on any atom is 0.292 e. The van der Waals surface area contributed by atoms with Crippen molar-refractivity contribution in [1.29, 1.82) is 0 Å². The van der Waals surface area contributed by atoms with E-state index in [-0.39, 0.29) is 11.6 Å². The van der Waals surface area contributed by atoms with Gasteiger partial charge in [-0.2, -0.15) is 0 Å². The van der Waals surface area contributed by atoms with Gasteiger partial charge in [0.05, 0.1) is 16.2 Å². The number of nitro groups is 1. The number of carbonyl (C=O) groups excluding carboxylic acids is 1. The van der Waals surface area contributed by atoms with Crippen LogP contribution >= 0.6 is 0 Å². The third-order valence-corrected chi connectivity index (χ3v) is 3.20. The van der Waals surface area contributed by atoms with Crippen LogP contribution < -0.4 is 10.6 Å². The lowest BCUT2D eigenvalue weighted by molar-refractivity contribution is -0.384. The minimum atomic E-state index is -0.449. The molecule has 120 valence electrons. The molecule has 0 aliphatic heterocycles. The maximum absolute atomic E-state index is 12.1. The van der Waals surface area contributed by atoms with Gasteiger partial charge in [0.15, 0.2) is 0 Å². The Hall–Kier alpha value is -3.03. The predicted octanol–water partition coefficient (Wildman–Crippen LogP) is 1.79. The number of hydrogen-bond acceptors (Lipinski definition) is 6. The summed E-state index contributed by atoms with van der Waals surface area (Å²) in [5.41, 5.74) is 1.55. The van der Waals surface area contributed by atoms with Crippen molar-refractivity contribution in [3.05, 3.63) is 58.2 Å². The summed E-state index contributed by atoms with van der Waals surface area (Å²) in [6, 6.07) is 6.37. The van der Waals surface area contributed by atoms with Crippen LogP contribution in [0.5, 0.6) is 0 Å². The number of para-hydroxylation sites is 2. The first kappa shape index (κ1) is 16.3. The minimum Gasteiger partial charge on any atom is -0.378 e. The smallest absolute Gasteiger partial charge is 0.292 e. The molecule has 2 aromatic rings. The van der Waals surface area contributed by atoms with Gasteiger partial charge in [-0.15, -0.1) is 0 Å². The number of aryl methyl sites for hydroxylation is 1. The number of rotatable bonds is 7. The highest BCUT2D eigenvalue weighted by Gasteiger charge is 2.13. The lowest BCUT2D eigenvalue weighted by Gasteiger charge is -2.09. The molecule has 0 saturated carbocycles. The number of benzene rings is 1. The van der Waals surface area contributed by atoms with Crippen molar-refractivity contribution in [2.45, 2.75) is 13.3 Å². The van der Waals surface area contributed by atoms with Crippen molar-refractivity contribution in [3.63, 3.8) is 0 Å². The highest BCUT2D eigenvalue weighted by molar-refractivity contribution is 5.94. The van der Waals surface area contributed by atoms with Crippen LogP contribution in [0.25, 0.3) is 0 Å². The van der Waals surface area contributed by atoms with Gasteiger partial charge in [-0.3, -0.25) is 14.9 Å². The average molecular weight is 315 g/mol. The number of nitro benzene ring substituents is 1. The highest BCUT2D eigenvalue weighted by Crippen LogP contribution is 2.22. The van der Waals surface area contributed by atoms with E-state index in [0.717, 1.165) is 0 Å². The molecule has 1 aromatic carbocycles. The molecule has 0 aliphatic rings. The van der Waals surface area contributed by atoms with Crippen molar-refractivity contribution in [1.82, 2.24) is 15.3 Å². The van der Waals surface area contributed by atoms with Gasteiger partial charge < -0.3 is 10.6 Å².